The average Bonchev–Trinajstić information content (AvgIpc) is 2.52. The Bertz CT molecular complexity index is 659. The lowest BCUT2D eigenvalue weighted by molar-refractivity contribution is 0.0921. The summed E-state index contributed by atoms with van der Waals surface area (Å²) in [6.45, 7) is -0.0813. The largest absolute Gasteiger partial charge is 0.497 e. The molecule has 4 nitrogen and oxygen atoms in total. The van der Waals surface area contributed by atoms with Crippen LogP contribution in [0.25, 0.3) is 0 Å². The van der Waals surface area contributed by atoms with Gasteiger partial charge in [0.15, 0.2) is 12.4 Å². The number of benzene rings is 2. The van der Waals surface area contributed by atoms with Crippen molar-refractivity contribution < 1.29 is 14.3 Å². The molecule has 0 spiro atoms. The minimum atomic E-state index is -0.147. The van der Waals surface area contributed by atoms with Gasteiger partial charge in [0.25, 0.3) is 0 Å². The van der Waals surface area contributed by atoms with Gasteiger partial charge in [0, 0.05) is 5.56 Å². The quantitative estimate of drug-likeness (QED) is 0.781. The van der Waals surface area contributed by atoms with Gasteiger partial charge in [0.05, 0.1) is 18.7 Å². The van der Waals surface area contributed by atoms with Gasteiger partial charge in [0.2, 0.25) is 0 Å². The number of nitrogens with zero attached hydrogens (tertiary/aromatic N) is 1. The van der Waals surface area contributed by atoms with Crippen LogP contribution in [0.5, 0.6) is 11.5 Å². The van der Waals surface area contributed by atoms with Crippen LogP contribution in [0.1, 0.15) is 15.9 Å². The van der Waals surface area contributed by atoms with Gasteiger partial charge in [-0.25, -0.2) is 0 Å². The Balaban J connectivity index is 2.03. The normalized spacial score (nSPS) is 9.60. The first-order valence-electron chi connectivity index (χ1n) is 6.03. The molecule has 0 atom stereocenters. The second-order valence-corrected chi connectivity index (χ2v) is 4.08. The molecule has 0 saturated heterocycles. The van der Waals surface area contributed by atoms with E-state index in [1.807, 2.05) is 6.07 Å². The zero-order chi connectivity index (χ0) is 14.4. The maximum Gasteiger partial charge on any atom is 0.200 e. The Morgan fingerprint density at radius 3 is 2.65 bits per heavy atom. The maximum absolute atomic E-state index is 12.0. The zero-order valence-electron chi connectivity index (χ0n) is 11.0. The fourth-order valence-corrected chi connectivity index (χ4v) is 1.68. The van der Waals surface area contributed by atoms with Gasteiger partial charge in [0.1, 0.15) is 11.5 Å². The highest BCUT2D eigenvalue weighted by molar-refractivity contribution is 5.97. The Labute approximate surface area is 117 Å². The molecule has 0 N–H and O–H groups in total. The van der Waals surface area contributed by atoms with Gasteiger partial charge in [-0.15, -0.1) is 0 Å². The highest BCUT2D eigenvalue weighted by atomic mass is 16.5. The molecular formula is C16H13NO3. The molecule has 2 aromatic carbocycles. The van der Waals surface area contributed by atoms with Crippen molar-refractivity contribution in [2.75, 3.05) is 13.7 Å². The molecule has 0 aliphatic carbocycles. The van der Waals surface area contributed by atoms with Crippen molar-refractivity contribution in [3.8, 4) is 17.6 Å². The summed E-state index contributed by atoms with van der Waals surface area (Å²) in [5.74, 6) is 0.980. The number of ether oxygens (including phenoxy) is 2. The molecular weight excluding hydrogens is 254 g/mol. The molecule has 2 aromatic rings. The van der Waals surface area contributed by atoms with Crippen molar-refractivity contribution in [1.82, 2.24) is 0 Å². The summed E-state index contributed by atoms with van der Waals surface area (Å²) in [5.41, 5.74) is 1.03. The monoisotopic (exact) mass is 267 g/mol. The predicted molar refractivity (Wildman–Crippen MR) is 74.0 cm³/mol. The summed E-state index contributed by atoms with van der Waals surface area (Å²) < 4.78 is 10.5. The molecule has 0 amide bonds. The molecule has 0 aliphatic heterocycles. The molecule has 100 valence electrons. The van der Waals surface area contributed by atoms with E-state index in [-0.39, 0.29) is 12.4 Å². The summed E-state index contributed by atoms with van der Waals surface area (Å²) in [5, 5.41) is 8.79. The van der Waals surface area contributed by atoms with Gasteiger partial charge >= 0.3 is 0 Å². The lowest BCUT2D eigenvalue weighted by Gasteiger charge is -2.06. The minimum Gasteiger partial charge on any atom is -0.497 e. The number of methoxy groups -OCH3 is 1. The number of rotatable bonds is 5. The summed E-state index contributed by atoms with van der Waals surface area (Å²) in [6.07, 6.45) is 0. The summed E-state index contributed by atoms with van der Waals surface area (Å²) in [6, 6.07) is 15.6. The first kappa shape index (κ1) is 13.6. The van der Waals surface area contributed by atoms with Crippen LogP contribution in [0.4, 0.5) is 0 Å². The third-order valence-electron chi connectivity index (χ3n) is 2.72. The molecule has 2 rings (SSSR count). The van der Waals surface area contributed by atoms with E-state index in [0.717, 1.165) is 0 Å². The summed E-state index contributed by atoms with van der Waals surface area (Å²) >= 11 is 0. The third kappa shape index (κ3) is 3.36. The van der Waals surface area contributed by atoms with Gasteiger partial charge in [-0.3, -0.25) is 4.79 Å². The smallest absolute Gasteiger partial charge is 0.200 e. The van der Waals surface area contributed by atoms with E-state index in [0.29, 0.717) is 22.6 Å². The number of hydrogen-bond donors (Lipinski definition) is 0. The van der Waals surface area contributed by atoms with Crippen molar-refractivity contribution in [3.63, 3.8) is 0 Å². The number of ketones is 1. The standard InChI is InChI=1S/C16H13NO3/c1-19-14-6-3-5-13(9-14)16(18)11-20-15-7-2-4-12(8-15)10-17/h2-9H,11H2,1H3. The van der Waals surface area contributed by atoms with Crippen LogP contribution < -0.4 is 9.47 Å². The second kappa shape index (κ2) is 6.39. The first-order valence-corrected chi connectivity index (χ1v) is 6.03. The Morgan fingerprint density at radius 2 is 1.90 bits per heavy atom. The first-order chi connectivity index (χ1) is 9.72. The summed E-state index contributed by atoms with van der Waals surface area (Å²) in [4.78, 5) is 12.0. The molecule has 0 radical (unpaired) electrons. The van der Waals surface area contributed by atoms with E-state index in [1.165, 1.54) is 0 Å². The van der Waals surface area contributed by atoms with Crippen LogP contribution in [0.2, 0.25) is 0 Å². The van der Waals surface area contributed by atoms with Gasteiger partial charge in [-0.1, -0.05) is 18.2 Å². The summed E-state index contributed by atoms with van der Waals surface area (Å²) in [7, 11) is 1.55. The maximum atomic E-state index is 12.0. The SMILES string of the molecule is COc1cccc(C(=O)COc2cccc(C#N)c2)c1. The van der Waals surface area contributed by atoms with Crippen molar-refractivity contribution in [1.29, 1.82) is 5.26 Å². The Morgan fingerprint density at radius 1 is 1.15 bits per heavy atom. The molecule has 4 heteroatoms. The molecule has 0 aromatic heterocycles. The van der Waals surface area contributed by atoms with Crippen LogP contribution in [-0.2, 0) is 0 Å². The van der Waals surface area contributed by atoms with E-state index in [1.54, 1.807) is 55.6 Å². The van der Waals surface area contributed by atoms with E-state index >= 15 is 0 Å². The van der Waals surface area contributed by atoms with Gasteiger partial charge < -0.3 is 9.47 Å². The van der Waals surface area contributed by atoms with Crippen LogP contribution in [0, 0.1) is 11.3 Å². The van der Waals surface area contributed by atoms with Crippen LogP contribution in [-0.4, -0.2) is 19.5 Å². The molecule has 0 fully saturated rings. The fourth-order valence-electron chi connectivity index (χ4n) is 1.68. The molecule has 0 saturated carbocycles. The van der Waals surface area contributed by atoms with Crippen LogP contribution in [0.15, 0.2) is 48.5 Å². The van der Waals surface area contributed by atoms with E-state index < -0.39 is 0 Å². The molecule has 0 bridgehead atoms. The van der Waals surface area contributed by atoms with Crippen molar-refractivity contribution in [3.05, 3.63) is 59.7 Å². The average molecular weight is 267 g/mol. The highest BCUT2D eigenvalue weighted by Gasteiger charge is 2.08. The minimum absolute atomic E-state index is 0.0813. The van der Waals surface area contributed by atoms with Gasteiger partial charge in [-0.05, 0) is 30.3 Å². The number of carbonyl (C=O) groups is 1. The lowest BCUT2D eigenvalue weighted by atomic mass is 10.1. The van der Waals surface area contributed by atoms with Crippen molar-refractivity contribution in [2.24, 2.45) is 0 Å². The second-order valence-electron chi connectivity index (χ2n) is 4.08. The lowest BCUT2D eigenvalue weighted by Crippen LogP contribution is -2.11. The van der Waals surface area contributed by atoms with E-state index in [9.17, 15) is 4.79 Å². The predicted octanol–water partition coefficient (Wildman–Crippen LogP) is 2.83. The Kier molecular flexibility index (Phi) is 4.35. The number of carbonyl (C=O) groups excluding carboxylic acids is 1. The van der Waals surface area contributed by atoms with Crippen LogP contribution >= 0.6 is 0 Å². The van der Waals surface area contributed by atoms with Crippen molar-refractivity contribution >= 4 is 5.78 Å². The number of hydrogen-bond acceptors (Lipinski definition) is 4. The number of Topliss-reactive ketones (excluding diaryl/α,β-unsaturated/α-hetero) is 1. The molecule has 20 heavy (non-hydrogen) atoms. The van der Waals surface area contributed by atoms with Crippen molar-refractivity contribution in [2.45, 2.75) is 0 Å². The third-order valence-corrected chi connectivity index (χ3v) is 2.72. The van der Waals surface area contributed by atoms with E-state index in [4.69, 9.17) is 14.7 Å². The fraction of sp³-hybridized carbons (Fsp3) is 0.125. The highest BCUT2D eigenvalue weighted by Crippen LogP contribution is 2.15. The molecule has 0 unspecified atom stereocenters. The topological polar surface area (TPSA) is 59.3 Å². The molecule has 0 aliphatic rings. The molecule has 0 heterocycles. The van der Waals surface area contributed by atoms with Gasteiger partial charge in [-0.2, -0.15) is 5.26 Å². The number of nitriles is 1. The van der Waals surface area contributed by atoms with Crippen LogP contribution in [0.3, 0.4) is 0 Å². The van der Waals surface area contributed by atoms with E-state index in [2.05, 4.69) is 0 Å². The zero-order valence-corrected chi connectivity index (χ0v) is 11.0. The Hall–Kier alpha value is -2.80.